The minimum atomic E-state index is 0.213. The topological polar surface area (TPSA) is 59.2 Å². The Kier molecular flexibility index (Phi) is 3.43. The van der Waals surface area contributed by atoms with E-state index in [-0.39, 0.29) is 5.75 Å². The molecule has 0 aliphatic rings. The smallest absolute Gasteiger partial charge is 0.258 e. The number of aromatic hydroxyl groups is 1. The van der Waals surface area contributed by atoms with Gasteiger partial charge in [-0.1, -0.05) is 5.16 Å². The zero-order valence-corrected chi connectivity index (χ0v) is 11.6. The number of thioether (sulfide) groups is 1. The van der Waals surface area contributed by atoms with Gasteiger partial charge in [-0.2, -0.15) is 4.98 Å². The number of benzene rings is 2. The van der Waals surface area contributed by atoms with Gasteiger partial charge in [-0.3, -0.25) is 0 Å². The Hall–Kier alpha value is -2.27. The molecule has 100 valence electrons. The maximum atomic E-state index is 9.27. The van der Waals surface area contributed by atoms with Crippen LogP contribution in [0.5, 0.6) is 5.75 Å². The second kappa shape index (κ2) is 5.38. The number of phenolic OH excluding ortho intramolecular Hbond substituents is 1. The number of rotatable bonds is 3. The summed E-state index contributed by atoms with van der Waals surface area (Å²) in [6.07, 6.45) is 2.03. The van der Waals surface area contributed by atoms with E-state index in [0.29, 0.717) is 11.7 Å². The van der Waals surface area contributed by atoms with Crippen LogP contribution in [0.4, 0.5) is 0 Å². The molecule has 0 bridgehead atoms. The molecule has 0 aliphatic heterocycles. The van der Waals surface area contributed by atoms with Crippen LogP contribution in [0.1, 0.15) is 0 Å². The largest absolute Gasteiger partial charge is 0.508 e. The van der Waals surface area contributed by atoms with E-state index in [1.165, 1.54) is 4.90 Å². The highest BCUT2D eigenvalue weighted by atomic mass is 32.2. The van der Waals surface area contributed by atoms with Crippen molar-refractivity contribution in [3.63, 3.8) is 0 Å². The summed E-state index contributed by atoms with van der Waals surface area (Å²) in [6, 6.07) is 14.6. The molecular weight excluding hydrogens is 272 g/mol. The lowest BCUT2D eigenvalue weighted by atomic mass is 10.2. The van der Waals surface area contributed by atoms with Gasteiger partial charge in [0.15, 0.2) is 0 Å². The van der Waals surface area contributed by atoms with Gasteiger partial charge in [-0.25, -0.2) is 0 Å². The number of phenols is 1. The minimum Gasteiger partial charge on any atom is -0.508 e. The molecule has 0 unspecified atom stereocenters. The van der Waals surface area contributed by atoms with Crippen LogP contribution in [-0.4, -0.2) is 21.5 Å². The first-order chi connectivity index (χ1) is 9.76. The second-order valence-corrected chi connectivity index (χ2v) is 5.08. The van der Waals surface area contributed by atoms with Crippen molar-refractivity contribution in [3.05, 3.63) is 48.5 Å². The first kappa shape index (κ1) is 12.7. The lowest BCUT2D eigenvalue weighted by Crippen LogP contribution is -1.81. The Bertz CT molecular complexity index is 705. The molecular formula is C15H12N2O2S. The standard InChI is InChI=1S/C15H12N2O2S/c1-20-13-8-4-11(5-9-13)15-16-14(17-19-15)10-2-6-12(18)7-3-10/h2-9,18H,1H3. The summed E-state index contributed by atoms with van der Waals surface area (Å²) < 4.78 is 5.28. The van der Waals surface area contributed by atoms with Gasteiger partial charge < -0.3 is 9.63 Å². The van der Waals surface area contributed by atoms with Crippen LogP contribution in [0.25, 0.3) is 22.8 Å². The van der Waals surface area contributed by atoms with Crippen molar-refractivity contribution in [2.75, 3.05) is 6.26 Å². The van der Waals surface area contributed by atoms with Crippen LogP contribution in [0, 0.1) is 0 Å². The van der Waals surface area contributed by atoms with Crippen molar-refractivity contribution in [2.24, 2.45) is 0 Å². The highest BCUT2D eigenvalue weighted by Crippen LogP contribution is 2.25. The number of hydrogen-bond donors (Lipinski definition) is 1. The normalized spacial score (nSPS) is 10.7. The predicted molar refractivity (Wildman–Crippen MR) is 78.6 cm³/mol. The molecule has 1 heterocycles. The van der Waals surface area contributed by atoms with E-state index in [2.05, 4.69) is 10.1 Å². The third-order valence-corrected chi connectivity index (χ3v) is 3.63. The van der Waals surface area contributed by atoms with Gasteiger partial charge in [0, 0.05) is 16.0 Å². The fourth-order valence-corrected chi connectivity index (χ4v) is 2.21. The monoisotopic (exact) mass is 284 g/mol. The molecule has 20 heavy (non-hydrogen) atoms. The van der Waals surface area contributed by atoms with Crippen molar-refractivity contribution >= 4 is 11.8 Å². The van der Waals surface area contributed by atoms with Crippen LogP contribution >= 0.6 is 11.8 Å². The summed E-state index contributed by atoms with van der Waals surface area (Å²) in [7, 11) is 0. The molecule has 0 fully saturated rings. The molecule has 0 amide bonds. The molecule has 3 aromatic rings. The van der Waals surface area contributed by atoms with Crippen LogP contribution in [0.2, 0.25) is 0 Å². The molecule has 0 aliphatic carbocycles. The molecule has 0 radical (unpaired) electrons. The van der Waals surface area contributed by atoms with Gasteiger partial charge in [-0.15, -0.1) is 11.8 Å². The van der Waals surface area contributed by atoms with Gasteiger partial charge in [-0.05, 0) is 54.8 Å². The van der Waals surface area contributed by atoms with Crippen molar-refractivity contribution in [3.8, 4) is 28.6 Å². The van der Waals surface area contributed by atoms with Crippen LogP contribution in [0.15, 0.2) is 57.9 Å². The summed E-state index contributed by atoms with van der Waals surface area (Å²) in [5.41, 5.74) is 1.69. The van der Waals surface area contributed by atoms with Crippen molar-refractivity contribution in [1.29, 1.82) is 0 Å². The summed E-state index contributed by atoms with van der Waals surface area (Å²) in [5.74, 6) is 1.21. The summed E-state index contributed by atoms with van der Waals surface area (Å²) in [6.45, 7) is 0. The molecule has 0 spiro atoms. The van der Waals surface area contributed by atoms with E-state index >= 15 is 0 Å². The number of nitrogens with zero attached hydrogens (tertiary/aromatic N) is 2. The molecule has 0 atom stereocenters. The van der Waals surface area contributed by atoms with E-state index in [9.17, 15) is 5.11 Å². The molecule has 5 heteroatoms. The molecule has 1 aromatic heterocycles. The molecule has 3 rings (SSSR count). The SMILES string of the molecule is CSc1ccc(-c2nc(-c3ccc(O)cc3)no2)cc1. The number of hydrogen-bond acceptors (Lipinski definition) is 5. The lowest BCUT2D eigenvalue weighted by molar-refractivity contribution is 0.432. The lowest BCUT2D eigenvalue weighted by Gasteiger charge is -1.97. The molecule has 2 aromatic carbocycles. The zero-order chi connectivity index (χ0) is 13.9. The van der Waals surface area contributed by atoms with Crippen LogP contribution in [-0.2, 0) is 0 Å². The first-order valence-electron chi connectivity index (χ1n) is 6.04. The third kappa shape index (κ3) is 2.53. The zero-order valence-electron chi connectivity index (χ0n) is 10.8. The van der Waals surface area contributed by atoms with Gasteiger partial charge >= 0.3 is 0 Å². The summed E-state index contributed by atoms with van der Waals surface area (Å²) in [4.78, 5) is 5.56. The quantitative estimate of drug-likeness (QED) is 0.741. The Balaban J connectivity index is 1.91. The molecule has 1 N–H and O–H groups in total. The summed E-state index contributed by atoms with van der Waals surface area (Å²) >= 11 is 1.69. The fraction of sp³-hybridized carbons (Fsp3) is 0.0667. The maximum absolute atomic E-state index is 9.27. The maximum Gasteiger partial charge on any atom is 0.258 e. The minimum absolute atomic E-state index is 0.213. The van der Waals surface area contributed by atoms with E-state index in [1.807, 2.05) is 30.5 Å². The Morgan fingerprint density at radius 2 is 1.60 bits per heavy atom. The molecule has 0 saturated carbocycles. The van der Waals surface area contributed by atoms with Crippen molar-refractivity contribution in [2.45, 2.75) is 4.90 Å². The van der Waals surface area contributed by atoms with Gasteiger partial charge in [0.05, 0.1) is 0 Å². The van der Waals surface area contributed by atoms with Gasteiger partial charge in [0.2, 0.25) is 5.82 Å². The molecule has 0 saturated heterocycles. The average molecular weight is 284 g/mol. The van der Waals surface area contributed by atoms with Gasteiger partial charge in [0.25, 0.3) is 5.89 Å². The highest BCUT2D eigenvalue weighted by Gasteiger charge is 2.10. The highest BCUT2D eigenvalue weighted by molar-refractivity contribution is 7.98. The Labute approximate surface area is 120 Å². The third-order valence-electron chi connectivity index (χ3n) is 2.89. The average Bonchev–Trinajstić information content (AvgIpc) is 2.98. The Morgan fingerprint density at radius 1 is 0.950 bits per heavy atom. The van der Waals surface area contributed by atoms with E-state index in [4.69, 9.17) is 4.52 Å². The molecule has 4 nitrogen and oxygen atoms in total. The van der Waals surface area contributed by atoms with E-state index in [0.717, 1.165) is 11.1 Å². The fourth-order valence-electron chi connectivity index (χ4n) is 1.80. The van der Waals surface area contributed by atoms with Gasteiger partial charge in [0.1, 0.15) is 5.75 Å². The van der Waals surface area contributed by atoms with E-state index < -0.39 is 0 Å². The van der Waals surface area contributed by atoms with Crippen LogP contribution in [0.3, 0.4) is 0 Å². The first-order valence-corrected chi connectivity index (χ1v) is 7.26. The second-order valence-electron chi connectivity index (χ2n) is 4.20. The van der Waals surface area contributed by atoms with Crippen molar-refractivity contribution in [1.82, 2.24) is 10.1 Å². The van der Waals surface area contributed by atoms with Crippen LogP contribution < -0.4 is 0 Å². The Morgan fingerprint density at radius 3 is 2.25 bits per heavy atom. The van der Waals surface area contributed by atoms with Crippen molar-refractivity contribution < 1.29 is 9.63 Å². The predicted octanol–water partition coefficient (Wildman–Crippen LogP) is 3.83. The summed E-state index contributed by atoms with van der Waals surface area (Å²) in [5, 5.41) is 13.2. The van der Waals surface area contributed by atoms with E-state index in [1.54, 1.807) is 36.0 Å². The number of aromatic nitrogens is 2.